The van der Waals surface area contributed by atoms with Gasteiger partial charge in [0.1, 0.15) is 11.0 Å². The van der Waals surface area contributed by atoms with Gasteiger partial charge < -0.3 is 15.0 Å². The van der Waals surface area contributed by atoms with E-state index < -0.39 is 11.0 Å². The van der Waals surface area contributed by atoms with Crippen LogP contribution in [0.1, 0.15) is 19.3 Å². The van der Waals surface area contributed by atoms with Crippen molar-refractivity contribution in [1.82, 2.24) is 14.3 Å². The summed E-state index contributed by atoms with van der Waals surface area (Å²) in [6.45, 7) is 2.87. The Balaban J connectivity index is 0.000000371. The van der Waals surface area contributed by atoms with Crippen molar-refractivity contribution in [2.45, 2.75) is 30.3 Å². The van der Waals surface area contributed by atoms with E-state index in [1.54, 1.807) is 18.5 Å². The first-order chi connectivity index (χ1) is 17.1. The number of rotatable bonds is 4. The topological polar surface area (TPSA) is 72.5 Å². The average Bonchev–Trinajstić information content (AvgIpc) is 3.66. The van der Waals surface area contributed by atoms with E-state index in [0.29, 0.717) is 41.0 Å². The van der Waals surface area contributed by atoms with Gasteiger partial charge in [-0.25, -0.2) is 12.9 Å². The highest BCUT2D eigenvalue weighted by molar-refractivity contribution is 7.82. The fourth-order valence-electron chi connectivity index (χ4n) is 4.67. The minimum absolute atomic E-state index is 0.300. The molecular weight excluding hydrogens is 463 g/mol. The van der Waals surface area contributed by atoms with Gasteiger partial charge in [-0.1, -0.05) is 18.2 Å². The number of halogens is 1. The molecule has 2 aliphatic heterocycles. The van der Waals surface area contributed by atoms with Crippen molar-refractivity contribution in [3.8, 4) is 11.3 Å². The first-order valence-electron chi connectivity index (χ1n) is 12.0. The zero-order valence-electron chi connectivity index (χ0n) is 19.4. The largest absolute Gasteiger partial charge is 0.391 e. The number of fused-ring (bicyclic) bond motifs is 1. The SMILES string of the molecule is O=S(c1ccc(N2CCC(O)C2)c(-c2[nH]c3ccccc3c2F)c1)N1CCCC1.c1ccncc1. The lowest BCUT2D eigenvalue weighted by atomic mass is 10.1. The summed E-state index contributed by atoms with van der Waals surface area (Å²) in [4.78, 5) is 9.76. The van der Waals surface area contributed by atoms with E-state index in [1.165, 1.54) is 0 Å². The van der Waals surface area contributed by atoms with Gasteiger partial charge in [-0.2, -0.15) is 0 Å². The Morgan fingerprint density at radius 1 is 1.00 bits per heavy atom. The molecule has 2 fully saturated rings. The zero-order valence-corrected chi connectivity index (χ0v) is 20.3. The molecule has 0 aliphatic carbocycles. The highest BCUT2D eigenvalue weighted by Crippen LogP contribution is 2.38. The number of H-pyrrole nitrogens is 1. The van der Waals surface area contributed by atoms with Gasteiger partial charge in [0.05, 0.1) is 16.7 Å². The number of hydrogen-bond donors (Lipinski definition) is 2. The van der Waals surface area contributed by atoms with Crippen LogP contribution in [0.3, 0.4) is 0 Å². The van der Waals surface area contributed by atoms with Crippen LogP contribution in [0, 0.1) is 5.82 Å². The summed E-state index contributed by atoms with van der Waals surface area (Å²) in [5.74, 6) is -0.300. The molecule has 182 valence electrons. The Labute approximate surface area is 207 Å². The number of aromatic amines is 1. The summed E-state index contributed by atoms with van der Waals surface area (Å²) >= 11 is 0. The van der Waals surface area contributed by atoms with Crippen LogP contribution in [-0.2, 0) is 11.0 Å². The number of anilines is 1. The molecule has 2 aromatic heterocycles. The van der Waals surface area contributed by atoms with E-state index in [9.17, 15) is 9.32 Å². The van der Waals surface area contributed by atoms with Crippen LogP contribution in [0.5, 0.6) is 0 Å². The summed E-state index contributed by atoms with van der Waals surface area (Å²) in [5.41, 5.74) is 2.69. The average molecular weight is 493 g/mol. The molecule has 2 N–H and O–H groups in total. The van der Waals surface area contributed by atoms with Gasteiger partial charge in [-0.15, -0.1) is 0 Å². The number of β-amino-alcohol motifs (C(OH)–C–C–N with tert-alkyl or cyclic N) is 1. The minimum Gasteiger partial charge on any atom is -0.391 e. The van der Waals surface area contributed by atoms with Crippen molar-refractivity contribution in [3.63, 3.8) is 0 Å². The maximum absolute atomic E-state index is 15.3. The van der Waals surface area contributed by atoms with Crippen molar-refractivity contribution >= 4 is 27.6 Å². The molecule has 4 aromatic rings. The van der Waals surface area contributed by atoms with Gasteiger partial charge in [0.2, 0.25) is 0 Å². The zero-order chi connectivity index (χ0) is 24.2. The van der Waals surface area contributed by atoms with E-state index in [-0.39, 0.29) is 11.9 Å². The van der Waals surface area contributed by atoms with E-state index in [1.807, 2.05) is 58.9 Å². The number of pyridine rings is 1. The van der Waals surface area contributed by atoms with Crippen LogP contribution in [0.2, 0.25) is 0 Å². The van der Waals surface area contributed by atoms with E-state index in [0.717, 1.165) is 37.1 Å². The van der Waals surface area contributed by atoms with E-state index >= 15 is 4.39 Å². The van der Waals surface area contributed by atoms with E-state index in [2.05, 4.69) is 14.9 Å². The van der Waals surface area contributed by atoms with Crippen LogP contribution in [0.15, 0.2) is 78.0 Å². The number of para-hydroxylation sites is 1. The predicted molar refractivity (Wildman–Crippen MR) is 138 cm³/mol. The Hall–Kier alpha value is -3.07. The Bertz CT molecular complexity index is 1280. The van der Waals surface area contributed by atoms with Crippen molar-refractivity contribution in [1.29, 1.82) is 0 Å². The normalized spacial score (nSPS) is 19.0. The molecule has 2 aromatic carbocycles. The van der Waals surface area contributed by atoms with Crippen molar-refractivity contribution in [2.75, 3.05) is 31.1 Å². The molecule has 35 heavy (non-hydrogen) atoms. The summed E-state index contributed by atoms with van der Waals surface area (Å²) in [6.07, 6.45) is 5.92. The second-order valence-corrected chi connectivity index (χ2v) is 10.3. The number of aromatic nitrogens is 2. The minimum atomic E-state index is -1.25. The molecule has 2 saturated heterocycles. The number of aliphatic hydroxyl groups is 1. The van der Waals surface area contributed by atoms with Gasteiger partial charge >= 0.3 is 0 Å². The third kappa shape index (κ3) is 5.15. The molecule has 0 amide bonds. The fourth-order valence-corrected chi connectivity index (χ4v) is 5.96. The Morgan fingerprint density at radius 2 is 1.77 bits per heavy atom. The molecule has 0 bridgehead atoms. The van der Waals surface area contributed by atoms with Gasteiger partial charge in [0, 0.05) is 60.7 Å². The summed E-state index contributed by atoms with van der Waals surface area (Å²) in [5, 5.41) is 10.5. The van der Waals surface area contributed by atoms with Crippen LogP contribution in [-0.4, -0.2) is 55.9 Å². The summed E-state index contributed by atoms with van der Waals surface area (Å²) in [7, 11) is -1.25. The highest BCUT2D eigenvalue weighted by atomic mass is 32.2. The number of aliphatic hydroxyl groups excluding tert-OH is 1. The molecular formula is C27H29FN4O2S. The van der Waals surface area contributed by atoms with Crippen LogP contribution in [0.25, 0.3) is 22.2 Å². The van der Waals surface area contributed by atoms with Gasteiger partial charge in [-0.05, 0) is 61.7 Å². The van der Waals surface area contributed by atoms with Crippen LogP contribution >= 0.6 is 0 Å². The second kappa shape index (κ2) is 10.7. The van der Waals surface area contributed by atoms with Gasteiger partial charge in [-0.3, -0.25) is 4.98 Å². The van der Waals surface area contributed by atoms with Crippen molar-refractivity contribution in [2.24, 2.45) is 0 Å². The maximum Gasteiger partial charge on any atom is 0.156 e. The molecule has 6 nitrogen and oxygen atoms in total. The lowest BCUT2D eigenvalue weighted by Crippen LogP contribution is -2.23. The third-order valence-corrected chi connectivity index (χ3v) is 7.94. The number of nitrogens with zero attached hydrogens (tertiary/aromatic N) is 3. The monoisotopic (exact) mass is 492 g/mol. The van der Waals surface area contributed by atoms with Gasteiger partial charge in [0.25, 0.3) is 0 Å². The molecule has 2 aliphatic rings. The smallest absolute Gasteiger partial charge is 0.156 e. The molecule has 2 atom stereocenters. The molecule has 8 heteroatoms. The predicted octanol–water partition coefficient (Wildman–Crippen LogP) is 4.75. The standard InChI is InChI=1S/C22H24FN3O2S.C5H5N/c23-21-17-5-1-2-6-19(17)24-22(21)18-13-16(29(28)26-10-3-4-11-26)7-8-20(18)25-12-9-15(27)14-25;1-2-4-6-5-3-1/h1-2,5-8,13,15,24,27H,3-4,9-12,14H2;1-5H. The van der Waals surface area contributed by atoms with Crippen molar-refractivity contribution < 1.29 is 13.7 Å². The molecule has 0 radical (unpaired) electrons. The number of hydrogen-bond acceptors (Lipinski definition) is 4. The third-order valence-electron chi connectivity index (χ3n) is 6.45. The lowest BCUT2D eigenvalue weighted by Gasteiger charge is -2.23. The highest BCUT2D eigenvalue weighted by Gasteiger charge is 2.27. The van der Waals surface area contributed by atoms with Crippen LogP contribution < -0.4 is 4.90 Å². The first-order valence-corrected chi connectivity index (χ1v) is 13.1. The molecule has 0 spiro atoms. The Kier molecular flexibility index (Phi) is 7.22. The molecule has 4 heterocycles. The van der Waals surface area contributed by atoms with Crippen LogP contribution in [0.4, 0.5) is 10.1 Å². The first kappa shape index (κ1) is 23.7. The van der Waals surface area contributed by atoms with Gasteiger partial charge in [0.15, 0.2) is 5.82 Å². The van der Waals surface area contributed by atoms with E-state index in [4.69, 9.17) is 0 Å². The number of nitrogens with one attached hydrogen (secondary N) is 1. The quantitative estimate of drug-likeness (QED) is 0.432. The fraction of sp³-hybridized carbons (Fsp3) is 0.296. The summed E-state index contributed by atoms with van der Waals surface area (Å²) < 4.78 is 30.3. The second-order valence-electron chi connectivity index (χ2n) is 8.84. The lowest BCUT2D eigenvalue weighted by molar-refractivity contribution is 0.198. The molecule has 0 saturated carbocycles. The number of benzene rings is 2. The summed E-state index contributed by atoms with van der Waals surface area (Å²) in [6, 6.07) is 18.7. The molecule has 6 rings (SSSR count). The Morgan fingerprint density at radius 3 is 2.40 bits per heavy atom. The maximum atomic E-state index is 15.3. The molecule has 2 unspecified atom stereocenters. The van der Waals surface area contributed by atoms with Crippen molar-refractivity contribution in [3.05, 3.63) is 78.9 Å².